The van der Waals surface area contributed by atoms with Crippen LogP contribution in [0.15, 0.2) is 0 Å². The highest BCUT2D eigenvalue weighted by Crippen LogP contribution is 2.28. The molecule has 0 aromatic carbocycles. The fraction of sp³-hybridized carbons (Fsp3) is 1.00. The Hall–Kier alpha value is -0.120. The molecule has 2 unspecified atom stereocenters. The standard InChI is InChI=1S/C13H27NO2/c1-3-11-6-5-7-12(8-11)14-13(4-2,9-15)10-16/h11-12,14-16H,3-10H2,1-2H3. The number of hydrogen-bond donors (Lipinski definition) is 3. The molecule has 0 aromatic rings. The minimum absolute atomic E-state index is 0.0211. The van der Waals surface area contributed by atoms with Gasteiger partial charge in [-0.2, -0.15) is 0 Å². The topological polar surface area (TPSA) is 52.5 Å². The third kappa shape index (κ3) is 3.44. The molecule has 0 aliphatic heterocycles. The summed E-state index contributed by atoms with van der Waals surface area (Å²) < 4.78 is 0. The summed E-state index contributed by atoms with van der Waals surface area (Å²) in [6, 6.07) is 0.470. The molecule has 1 saturated carbocycles. The van der Waals surface area contributed by atoms with Crippen LogP contribution in [0.4, 0.5) is 0 Å². The number of aliphatic hydroxyl groups is 2. The third-order valence-corrected chi connectivity index (χ3v) is 4.15. The van der Waals surface area contributed by atoms with Crippen LogP contribution >= 0.6 is 0 Å². The second-order valence-corrected chi connectivity index (χ2v) is 5.23. The maximum atomic E-state index is 9.41. The zero-order valence-electron chi connectivity index (χ0n) is 10.7. The van der Waals surface area contributed by atoms with Gasteiger partial charge in [-0.25, -0.2) is 0 Å². The lowest BCUT2D eigenvalue weighted by atomic mass is 9.82. The summed E-state index contributed by atoms with van der Waals surface area (Å²) in [6.07, 6.45) is 7.00. The molecule has 0 spiro atoms. The molecule has 3 heteroatoms. The minimum Gasteiger partial charge on any atom is -0.394 e. The quantitative estimate of drug-likeness (QED) is 0.649. The molecule has 1 rings (SSSR count). The van der Waals surface area contributed by atoms with E-state index in [1.54, 1.807) is 0 Å². The molecular formula is C13H27NO2. The van der Waals surface area contributed by atoms with E-state index in [1.165, 1.54) is 32.1 Å². The first kappa shape index (κ1) is 13.9. The van der Waals surface area contributed by atoms with Crippen LogP contribution < -0.4 is 5.32 Å². The van der Waals surface area contributed by atoms with E-state index < -0.39 is 5.54 Å². The van der Waals surface area contributed by atoms with Crippen molar-refractivity contribution in [2.75, 3.05) is 13.2 Å². The first-order valence-corrected chi connectivity index (χ1v) is 6.69. The maximum absolute atomic E-state index is 9.41. The average molecular weight is 229 g/mol. The van der Waals surface area contributed by atoms with E-state index in [0.717, 1.165) is 12.3 Å². The van der Waals surface area contributed by atoms with Crippen LogP contribution in [0.25, 0.3) is 0 Å². The van der Waals surface area contributed by atoms with E-state index in [-0.39, 0.29) is 13.2 Å². The van der Waals surface area contributed by atoms with Gasteiger partial charge in [0.1, 0.15) is 0 Å². The third-order valence-electron chi connectivity index (χ3n) is 4.15. The van der Waals surface area contributed by atoms with Crippen LogP contribution in [0.5, 0.6) is 0 Å². The molecule has 0 amide bonds. The van der Waals surface area contributed by atoms with Gasteiger partial charge in [0.15, 0.2) is 0 Å². The maximum Gasteiger partial charge on any atom is 0.0647 e. The van der Waals surface area contributed by atoms with Crippen molar-refractivity contribution in [1.82, 2.24) is 5.32 Å². The van der Waals surface area contributed by atoms with Crippen LogP contribution in [-0.4, -0.2) is 35.0 Å². The van der Waals surface area contributed by atoms with Crippen molar-refractivity contribution in [3.63, 3.8) is 0 Å². The number of nitrogens with one attached hydrogen (secondary N) is 1. The van der Waals surface area contributed by atoms with Gasteiger partial charge in [-0.15, -0.1) is 0 Å². The van der Waals surface area contributed by atoms with Gasteiger partial charge < -0.3 is 15.5 Å². The van der Waals surface area contributed by atoms with Crippen molar-refractivity contribution in [3.8, 4) is 0 Å². The van der Waals surface area contributed by atoms with Crippen molar-refractivity contribution >= 4 is 0 Å². The molecule has 3 N–H and O–H groups in total. The van der Waals surface area contributed by atoms with Gasteiger partial charge in [0, 0.05) is 6.04 Å². The fourth-order valence-electron chi connectivity index (χ4n) is 2.69. The van der Waals surface area contributed by atoms with Crippen molar-refractivity contribution in [2.24, 2.45) is 5.92 Å². The number of aliphatic hydroxyl groups excluding tert-OH is 2. The van der Waals surface area contributed by atoms with Crippen LogP contribution in [0.3, 0.4) is 0 Å². The summed E-state index contributed by atoms with van der Waals surface area (Å²) in [6.45, 7) is 4.30. The molecule has 1 aliphatic carbocycles. The second-order valence-electron chi connectivity index (χ2n) is 5.23. The zero-order chi connectivity index (χ0) is 12.0. The molecule has 16 heavy (non-hydrogen) atoms. The molecule has 0 bridgehead atoms. The Labute approximate surface area is 99.3 Å². The van der Waals surface area contributed by atoms with Crippen molar-refractivity contribution < 1.29 is 10.2 Å². The van der Waals surface area contributed by atoms with E-state index in [4.69, 9.17) is 0 Å². The van der Waals surface area contributed by atoms with Gasteiger partial charge in [0.05, 0.1) is 18.8 Å². The molecule has 0 heterocycles. The molecule has 3 nitrogen and oxygen atoms in total. The fourth-order valence-corrected chi connectivity index (χ4v) is 2.69. The predicted molar refractivity (Wildman–Crippen MR) is 66.4 cm³/mol. The van der Waals surface area contributed by atoms with Gasteiger partial charge >= 0.3 is 0 Å². The monoisotopic (exact) mass is 229 g/mol. The van der Waals surface area contributed by atoms with Crippen molar-refractivity contribution in [3.05, 3.63) is 0 Å². The molecule has 0 saturated heterocycles. The smallest absolute Gasteiger partial charge is 0.0647 e. The van der Waals surface area contributed by atoms with Gasteiger partial charge in [-0.1, -0.05) is 33.1 Å². The molecule has 0 aromatic heterocycles. The largest absolute Gasteiger partial charge is 0.394 e. The number of rotatable bonds is 6. The van der Waals surface area contributed by atoms with Crippen molar-refractivity contribution in [2.45, 2.75) is 64.0 Å². The average Bonchev–Trinajstić information content (AvgIpc) is 2.36. The van der Waals surface area contributed by atoms with E-state index in [9.17, 15) is 10.2 Å². The molecule has 96 valence electrons. The highest BCUT2D eigenvalue weighted by atomic mass is 16.3. The van der Waals surface area contributed by atoms with Crippen LogP contribution in [-0.2, 0) is 0 Å². The lowest BCUT2D eigenvalue weighted by Gasteiger charge is -2.38. The zero-order valence-corrected chi connectivity index (χ0v) is 10.7. The lowest BCUT2D eigenvalue weighted by Crippen LogP contribution is -2.56. The van der Waals surface area contributed by atoms with E-state index in [0.29, 0.717) is 6.04 Å². The first-order valence-electron chi connectivity index (χ1n) is 6.69. The van der Waals surface area contributed by atoms with E-state index >= 15 is 0 Å². The van der Waals surface area contributed by atoms with Crippen LogP contribution in [0, 0.1) is 5.92 Å². The van der Waals surface area contributed by atoms with Crippen LogP contribution in [0.2, 0.25) is 0 Å². The molecule has 0 radical (unpaired) electrons. The minimum atomic E-state index is -0.472. The Morgan fingerprint density at radius 3 is 2.38 bits per heavy atom. The van der Waals surface area contributed by atoms with E-state index in [2.05, 4.69) is 12.2 Å². The Balaban J connectivity index is 2.50. The summed E-state index contributed by atoms with van der Waals surface area (Å²) >= 11 is 0. The second kappa shape index (κ2) is 6.58. The molecule has 1 aliphatic rings. The highest BCUT2D eigenvalue weighted by molar-refractivity contribution is 4.90. The highest BCUT2D eigenvalue weighted by Gasteiger charge is 2.31. The molecule has 1 fully saturated rings. The summed E-state index contributed by atoms with van der Waals surface area (Å²) in [5.74, 6) is 0.818. The molecule has 2 atom stereocenters. The Kier molecular flexibility index (Phi) is 5.73. The first-order chi connectivity index (χ1) is 7.69. The van der Waals surface area contributed by atoms with Gasteiger partial charge in [-0.05, 0) is 25.2 Å². The van der Waals surface area contributed by atoms with E-state index in [1.807, 2.05) is 6.92 Å². The van der Waals surface area contributed by atoms with Gasteiger partial charge in [0.25, 0.3) is 0 Å². The SMILES string of the molecule is CCC1CCCC(NC(CC)(CO)CO)C1. The lowest BCUT2D eigenvalue weighted by molar-refractivity contribution is 0.0681. The van der Waals surface area contributed by atoms with Crippen molar-refractivity contribution in [1.29, 1.82) is 0 Å². The summed E-state index contributed by atoms with van der Waals surface area (Å²) in [7, 11) is 0. The summed E-state index contributed by atoms with van der Waals surface area (Å²) in [5, 5.41) is 22.3. The van der Waals surface area contributed by atoms with Gasteiger partial charge in [-0.3, -0.25) is 0 Å². The predicted octanol–water partition coefficient (Wildman–Crippen LogP) is 1.68. The van der Waals surface area contributed by atoms with Crippen LogP contribution in [0.1, 0.15) is 52.4 Å². The Morgan fingerprint density at radius 1 is 1.19 bits per heavy atom. The Bertz CT molecular complexity index is 184. The Morgan fingerprint density at radius 2 is 1.88 bits per heavy atom. The summed E-state index contributed by atoms with van der Waals surface area (Å²) in [4.78, 5) is 0. The van der Waals surface area contributed by atoms with Gasteiger partial charge in [0.2, 0.25) is 0 Å². The molecular weight excluding hydrogens is 202 g/mol. The normalized spacial score (nSPS) is 27.0. The number of hydrogen-bond acceptors (Lipinski definition) is 3. The summed E-state index contributed by atoms with van der Waals surface area (Å²) in [5.41, 5.74) is -0.472.